The van der Waals surface area contributed by atoms with E-state index in [0.717, 1.165) is 11.1 Å². The van der Waals surface area contributed by atoms with Gasteiger partial charge in [0.1, 0.15) is 0 Å². The zero-order valence-corrected chi connectivity index (χ0v) is 11.4. The molecule has 1 aromatic heterocycles. The number of halogens is 1. The maximum atomic E-state index is 12.1. The molecule has 5 heteroatoms. The summed E-state index contributed by atoms with van der Waals surface area (Å²) in [6.45, 7) is 1.96. The van der Waals surface area contributed by atoms with Crippen molar-refractivity contribution >= 4 is 21.4 Å². The van der Waals surface area contributed by atoms with E-state index in [2.05, 4.69) is 4.98 Å². The predicted octanol–water partition coefficient (Wildman–Crippen LogP) is 3.02. The molecule has 0 saturated carbocycles. The molecule has 0 bridgehead atoms. The number of hydrogen-bond donors (Lipinski definition) is 0. The zero-order valence-electron chi connectivity index (χ0n) is 9.80. The molecule has 1 heterocycles. The van der Waals surface area contributed by atoms with Gasteiger partial charge in [0, 0.05) is 6.20 Å². The second-order valence-electron chi connectivity index (χ2n) is 4.06. The summed E-state index contributed by atoms with van der Waals surface area (Å²) in [6, 6.07) is 10.3. The topological polar surface area (TPSA) is 47.0 Å². The molecular formula is C13H12ClNO2S. The average molecular weight is 282 g/mol. The van der Waals surface area contributed by atoms with Crippen molar-refractivity contribution in [2.45, 2.75) is 17.7 Å². The van der Waals surface area contributed by atoms with Crippen LogP contribution in [-0.4, -0.2) is 13.4 Å². The molecule has 0 radical (unpaired) electrons. The fourth-order valence-corrected chi connectivity index (χ4v) is 2.90. The minimum Gasteiger partial charge on any atom is -0.243 e. The lowest BCUT2D eigenvalue weighted by Crippen LogP contribution is -2.06. The van der Waals surface area contributed by atoms with E-state index in [4.69, 9.17) is 11.6 Å². The van der Waals surface area contributed by atoms with Crippen LogP contribution < -0.4 is 0 Å². The van der Waals surface area contributed by atoms with Crippen LogP contribution in [0.25, 0.3) is 0 Å². The molecular weight excluding hydrogens is 270 g/mol. The molecule has 0 saturated heterocycles. The zero-order chi connectivity index (χ0) is 13.2. The van der Waals surface area contributed by atoms with E-state index in [1.165, 1.54) is 18.3 Å². The minimum atomic E-state index is -3.41. The van der Waals surface area contributed by atoms with Gasteiger partial charge in [0.05, 0.1) is 10.8 Å². The lowest BCUT2D eigenvalue weighted by molar-refractivity contribution is 0.591. The van der Waals surface area contributed by atoms with Crippen LogP contribution in [0.2, 0.25) is 5.02 Å². The Bertz CT molecular complexity index is 634. The third-order valence-electron chi connectivity index (χ3n) is 2.50. The van der Waals surface area contributed by atoms with Crippen molar-refractivity contribution < 1.29 is 8.42 Å². The van der Waals surface area contributed by atoms with Crippen LogP contribution >= 0.6 is 11.6 Å². The number of pyridine rings is 1. The van der Waals surface area contributed by atoms with Crippen LogP contribution in [0.4, 0.5) is 0 Å². The van der Waals surface area contributed by atoms with Crippen molar-refractivity contribution in [1.29, 1.82) is 0 Å². The third-order valence-corrected chi connectivity index (χ3v) is 4.31. The summed E-state index contributed by atoms with van der Waals surface area (Å²) >= 11 is 5.68. The molecule has 0 unspecified atom stereocenters. The maximum absolute atomic E-state index is 12.1. The Kier molecular flexibility index (Phi) is 3.68. The smallest absolute Gasteiger partial charge is 0.199 e. The van der Waals surface area contributed by atoms with Gasteiger partial charge >= 0.3 is 0 Å². The number of benzene rings is 1. The molecule has 0 aliphatic rings. The molecule has 1 aromatic carbocycles. The van der Waals surface area contributed by atoms with Gasteiger partial charge in [0.2, 0.25) is 0 Å². The Labute approximate surface area is 111 Å². The van der Waals surface area contributed by atoms with Crippen LogP contribution in [0, 0.1) is 6.92 Å². The number of aromatic nitrogens is 1. The summed E-state index contributed by atoms with van der Waals surface area (Å²) in [6.07, 6.45) is 1.34. The third kappa shape index (κ3) is 3.09. The lowest BCUT2D eigenvalue weighted by Gasteiger charge is -2.04. The van der Waals surface area contributed by atoms with Crippen molar-refractivity contribution in [2.24, 2.45) is 0 Å². The van der Waals surface area contributed by atoms with E-state index in [1.807, 2.05) is 31.2 Å². The summed E-state index contributed by atoms with van der Waals surface area (Å²) in [7, 11) is -3.41. The van der Waals surface area contributed by atoms with Gasteiger partial charge in [-0.2, -0.15) is 0 Å². The molecule has 0 spiro atoms. The summed E-state index contributed by atoms with van der Waals surface area (Å²) in [5.74, 6) is -0.0537. The predicted molar refractivity (Wildman–Crippen MR) is 71.3 cm³/mol. The van der Waals surface area contributed by atoms with E-state index in [-0.39, 0.29) is 10.8 Å². The average Bonchev–Trinajstić information content (AvgIpc) is 2.32. The number of sulfone groups is 1. The molecule has 2 rings (SSSR count). The van der Waals surface area contributed by atoms with E-state index in [0.29, 0.717) is 5.02 Å². The molecule has 0 atom stereocenters. The first kappa shape index (κ1) is 13.1. The normalized spacial score (nSPS) is 11.4. The van der Waals surface area contributed by atoms with Crippen molar-refractivity contribution in [1.82, 2.24) is 4.98 Å². The minimum absolute atomic E-state index is 0.0486. The van der Waals surface area contributed by atoms with Gasteiger partial charge in [-0.05, 0) is 24.6 Å². The molecule has 3 nitrogen and oxygen atoms in total. The number of hydrogen-bond acceptors (Lipinski definition) is 3. The van der Waals surface area contributed by atoms with Gasteiger partial charge in [0.15, 0.2) is 14.9 Å². The molecule has 0 amide bonds. The van der Waals surface area contributed by atoms with Gasteiger partial charge in [-0.25, -0.2) is 13.4 Å². The van der Waals surface area contributed by atoms with Gasteiger partial charge in [-0.3, -0.25) is 0 Å². The summed E-state index contributed by atoms with van der Waals surface area (Å²) in [5.41, 5.74) is 1.85. The van der Waals surface area contributed by atoms with Crippen LogP contribution in [0.3, 0.4) is 0 Å². The Morgan fingerprint density at radius 2 is 1.78 bits per heavy atom. The molecule has 0 aliphatic carbocycles. The first-order valence-corrected chi connectivity index (χ1v) is 7.40. The number of rotatable bonds is 3. The Hall–Kier alpha value is -1.39. The van der Waals surface area contributed by atoms with E-state index in [9.17, 15) is 8.42 Å². The van der Waals surface area contributed by atoms with Crippen molar-refractivity contribution in [3.8, 4) is 0 Å². The second kappa shape index (κ2) is 5.08. The highest BCUT2D eigenvalue weighted by atomic mass is 35.5. The number of nitrogens with zero attached hydrogens (tertiary/aromatic N) is 1. The Morgan fingerprint density at radius 3 is 2.33 bits per heavy atom. The second-order valence-corrected chi connectivity index (χ2v) is 6.43. The summed E-state index contributed by atoms with van der Waals surface area (Å²) in [4.78, 5) is 3.84. The molecule has 0 aliphatic heterocycles. The van der Waals surface area contributed by atoms with Gasteiger partial charge in [-0.1, -0.05) is 41.4 Å². The van der Waals surface area contributed by atoms with Crippen LogP contribution in [0.15, 0.2) is 47.6 Å². The summed E-state index contributed by atoms with van der Waals surface area (Å²) < 4.78 is 24.2. The van der Waals surface area contributed by atoms with E-state index >= 15 is 0 Å². The van der Waals surface area contributed by atoms with Crippen molar-refractivity contribution in [3.63, 3.8) is 0 Å². The lowest BCUT2D eigenvalue weighted by atomic mass is 10.2. The first-order chi connectivity index (χ1) is 8.47. The van der Waals surface area contributed by atoms with E-state index in [1.54, 1.807) is 0 Å². The highest BCUT2D eigenvalue weighted by Gasteiger charge is 2.16. The van der Waals surface area contributed by atoms with Crippen LogP contribution in [0.1, 0.15) is 11.1 Å². The van der Waals surface area contributed by atoms with Crippen molar-refractivity contribution in [2.75, 3.05) is 0 Å². The maximum Gasteiger partial charge on any atom is 0.199 e. The molecule has 0 N–H and O–H groups in total. The molecule has 2 aromatic rings. The standard InChI is InChI=1S/C13H12ClNO2S/c1-10-2-4-11(5-3-10)9-18(16,17)13-7-6-12(14)8-15-13/h2-8H,9H2,1H3. The fourth-order valence-electron chi connectivity index (χ4n) is 1.52. The highest BCUT2D eigenvalue weighted by molar-refractivity contribution is 7.90. The fraction of sp³-hybridized carbons (Fsp3) is 0.154. The monoisotopic (exact) mass is 281 g/mol. The van der Waals surface area contributed by atoms with Gasteiger partial charge in [-0.15, -0.1) is 0 Å². The Morgan fingerprint density at radius 1 is 1.11 bits per heavy atom. The summed E-state index contributed by atoms with van der Waals surface area (Å²) in [5, 5.41) is 0.469. The van der Waals surface area contributed by atoms with E-state index < -0.39 is 9.84 Å². The van der Waals surface area contributed by atoms with Gasteiger partial charge < -0.3 is 0 Å². The number of aryl methyl sites for hydroxylation is 1. The largest absolute Gasteiger partial charge is 0.243 e. The van der Waals surface area contributed by atoms with Gasteiger partial charge in [0.25, 0.3) is 0 Å². The quantitative estimate of drug-likeness (QED) is 0.869. The highest BCUT2D eigenvalue weighted by Crippen LogP contribution is 2.16. The Balaban J connectivity index is 2.27. The van der Waals surface area contributed by atoms with Crippen LogP contribution in [0.5, 0.6) is 0 Å². The first-order valence-electron chi connectivity index (χ1n) is 5.37. The van der Waals surface area contributed by atoms with Crippen LogP contribution in [-0.2, 0) is 15.6 Å². The molecule has 94 valence electrons. The SMILES string of the molecule is Cc1ccc(CS(=O)(=O)c2ccc(Cl)cn2)cc1. The molecule has 0 fully saturated rings. The molecule has 18 heavy (non-hydrogen) atoms. The van der Waals surface area contributed by atoms with Crippen molar-refractivity contribution in [3.05, 3.63) is 58.7 Å².